The molecule has 9 rings (SSSR count). The number of amides is 2. The molecule has 2 unspecified atom stereocenters. The normalized spacial score (nSPS) is 22.7. The summed E-state index contributed by atoms with van der Waals surface area (Å²) in [5.74, 6) is -1.52. The molecule has 2 amide bonds. The average molecular weight is 522 g/mol. The summed E-state index contributed by atoms with van der Waals surface area (Å²) in [6, 6.07) is 33.2. The van der Waals surface area contributed by atoms with Crippen molar-refractivity contribution < 1.29 is 9.59 Å². The molecule has 1 saturated heterocycles. The quantitative estimate of drug-likeness (QED) is 0.208. The highest BCUT2D eigenvalue weighted by Gasteiger charge is 2.61. The molecule has 0 spiro atoms. The van der Waals surface area contributed by atoms with Gasteiger partial charge in [-0.2, -0.15) is 10.1 Å². The van der Waals surface area contributed by atoms with Gasteiger partial charge in [-0.05, 0) is 46.4 Å². The Morgan fingerprint density at radius 2 is 1.23 bits per heavy atom. The first kappa shape index (κ1) is 23.1. The molecular formula is C35H27N3O2. The molecular weight excluding hydrogens is 494 g/mol. The number of carbonyl (C=O) groups excluding carboxylic acids is 2. The third-order valence-corrected chi connectivity index (χ3v) is 9.16. The zero-order valence-electron chi connectivity index (χ0n) is 22.1. The van der Waals surface area contributed by atoms with Crippen LogP contribution in [0, 0.1) is 18.8 Å². The third-order valence-electron chi connectivity index (χ3n) is 9.16. The van der Waals surface area contributed by atoms with Crippen LogP contribution in [0.25, 0.3) is 10.9 Å². The Kier molecular flexibility index (Phi) is 4.99. The van der Waals surface area contributed by atoms with Gasteiger partial charge in [-0.25, -0.2) is 0 Å². The molecule has 3 aliphatic carbocycles. The second-order valence-electron chi connectivity index (χ2n) is 11.2. The fourth-order valence-electron chi connectivity index (χ4n) is 7.38. The molecule has 4 aromatic carbocycles. The van der Waals surface area contributed by atoms with Crippen molar-refractivity contribution in [3.05, 3.63) is 142 Å². The molecule has 1 aliphatic heterocycles. The van der Waals surface area contributed by atoms with E-state index in [1.165, 1.54) is 33.4 Å². The molecule has 0 radical (unpaired) electrons. The van der Waals surface area contributed by atoms with Gasteiger partial charge >= 0.3 is 0 Å². The Balaban J connectivity index is 1.17. The zero-order valence-corrected chi connectivity index (χ0v) is 22.1. The number of carbonyl (C=O) groups is 2. The van der Waals surface area contributed by atoms with Crippen molar-refractivity contribution in [2.75, 3.05) is 0 Å². The van der Waals surface area contributed by atoms with E-state index in [2.05, 4.69) is 83.5 Å². The van der Waals surface area contributed by atoms with Crippen LogP contribution in [0.3, 0.4) is 0 Å². The standard InChI is InChI=1S/C35H27N3O2/c1-21-10-2-3-11-22(21)19-37-20-23(24-12-8-9-17-29(24)37)18-36-38-34(39)32-30-25-13-4-5-14-26(25)31(33(32)35(38)40)28-16-7-6-15-27(28)30/h2-18,20,30-33H,19H2,1H3. The molecule has 2 bridgehead atoms. The van der Waals surface area contributed by atoms with Gasteiger partial charge in [-0.15, -0.1) is 0 Å². The van der Waals surface area contributed by atoms with Gasteiger partial charge in [0, 0.05) is 41.0 Å². The first-order chi connectivity index (χ1) is 19.6. The van der Waals surface area contributed by atoms with Crippen molar-refractivity contribution >= 4 is 28.9 Å². The maximum absolute atomic E-state index is 13.9. The van der Waals surface area contributed by atoms with E-state index >= 15 is 0 Å². The predicted molar refractivity (Wildman–Crippen MR) is 155 cm³/mol. The fraction of sp³-hybridized carbons (Fsp3) is 0.171. The maximum Gasteiger partial charge on any atom is 0.254 e. The Morgan fingerprint density at radius 3 is 1.82 bits per heavy atom. The van der Waals surface area contributed by atoms with Crippen molar-refractivity contribution in [3.63, 3.8) is 0 Å². The summed E-state index contributed by atoms with van der Waals surface area (Å²) < 4.78 is 2.21. The number of aromatic nitrogens is 1. The van der Waals surface area contributed by atoms with Crippen LogP contribution in [0.4, 0.5) is 0 Å². The van der Waals surface area contributed by atoms with Crippen molar-refractivity contribution in [2.24, 2.45) is 16.9 Å². The molecule has 5 nitrogen and oxygen atoms in total. The van der Waals surface area contributed by atoms with Gasteiger partial charge in [-0.1, -0.05) is 91.0 Å². The summed E-state index contributed by atoms with van der Waals surface area (Å²) in [5, 5.41) is 6.78. The van der Waals surface area contributed by atoms with E-state index in [9.17, 15) is 9.59 Å². The summed E-state index contributed by atoms with van der Waals surface area (Å²) >= 11 is 0. The molecule has 5 heteroatoms. The molecule has 0 N–H and O–H groups in total. The SMILES string of the molecule is Cc1ccccc1Cn1cc(C=NN2C(=O)C3C4c5ccccc5C(c5ccccc54)C3C2=O)c2ccccc21. The number of imide groups is 1. The summed E-state index contributed by atoms with van der Waals surface area (Å²) in [5.41, 5.74) is 9.12. The number of benzene rings is 4. The van der Waals surface area contributed by atoms with Gasteiger partial charge in [0.05, 0.1) is 18.1 Å². The highest BCUT2D eigenvalue weighted by Crippen LogP contribution is 2.60. The van der Waals surface area contributed by atoms with Crippen LogP contribution in [-0.2, 0) is 16.1 Å². The lowest BCUT2D eigenvalue weighted by atomic mass is 9.55. The van der Waals surface area contributed by atoms with E-state index in [-0.39, 0.29) is 23.7 Å². The molecule has 194 valence electrons. The minimum atomic E-state index is -0.429. The second kappa shape index (κ2) is 8.62. The third kappa shape index (κ3) is 3.18. The lowest BCUT2D eigenvalue weighted by molar-refractivity contribution is -0.139. The van der Waals surface area contributed by atoms with Crippen molar-refractivity contribution in [2.45, 2.75) is 25.3 Å². The maximum atomic E-state index is 13.9. The summed E-state index contributed by atoms with van der Waals surface area (Å²) in [6.07, 6.45) is 3.75. The molecule has 2 heterocycles. The van der Waals surface area contributed by atoms with Crippen molar-refractivity contribution in [1.82, 2.24) is 9.58 Å². The minimum Gasteiger partial charge on any atom is -0.342 e. The Bertz CT molecular complexity index is 1770. The summed E-state index contributed by atoms with van der Waals surface area (Å²) in [6.45, 7) is 2.85. The van der Waals surface area contributed by atoms with Crippen LogP contribution in [0.5, 0.6) is 0 Å². The van der Waals surface area contributed by atoms with Crippen LogP contribution < -0.4 is 0 Å². The highest BCUT2D eigenvalue weighted by atomic mass is 16.2. The van der Waals surface area contributed by atoms with E-state index in [0.29, 0.717) is 0 Å². The Labute approximate surface area is 232 Å². The number of fused-ring (bicyclic) bond motifs is 1. The van der Waals surface area contributed by atoms with Gasteiger partial charge < -0.3 is 4.57 Å². The second-order valence-corrected chi connectivity index (χ2v) is 11.2. The predicted octanol–water partition coefficient (Wildman–Crippen LogP) is 6.22. The van der Waals surface area contributed by atoms with Crippen LogP contribution in [0.1, 0.15) is 50.8 Å². The zero-order chi connectivity index (χ0) is 27.0. The lowest BCUT2D eigenvalue weighted by Gasteiger charge is -2.45. The molecule has 1 fully saturated rings. The number of rotatable bonds is 4. The van der Waals surface area contributed by atoms with Gasteiger partial charge in [-0.3, -0.25) is 9.59 Å². The van der Waals surface area contributed by atoms with Crippen LogP contribution in [0.2, 0.25) is 0 Å². The Hall–Kier alpha value is -4.77. The Morgan fingerprint density at radius 1 is 0.700 bits per heavy atom. The van der Waals surface area contributed by atoms with E-state index in [0.717, 1.165) is 28.0 Å². The number of hydrogen-bond acceptors (Lipinski definition) is 3. The first-order valence-corrected chi connectivity index (χ1v) is 13.8. The fourth-order valence-corrected chi connectivity index (χ4v) is 7.38. The van der Waals surface area contributed by atoms with E-state index < -0.39 is 11.8 Å². The molecule has 1 aromatic heterocycles. The average Bonchev–Trinajstić information content (AvgIpc) is 3.47. The van der Waals surface area contributed by atoms with Crippen LogP contribution in [-0.4, -0.2) is 27.6 Å². The van der Waals surface area contributed by atoms with Crippen molar-refractivity contribution in [1.29, 1.82) is 0 Å². The molecule has 0 saturated carbocycles. The summed E-state index contributed by atoms with van der Waals surface area (Å²) in [7, 11) is 0. The number of para-hydroxylation sites is 1. The number of hydrogen-bond donors (Lipinski definition) is 0. The molecule has 40 heavy (non-hydrogen) atoms. The number of nitrogens with zero attached hydrogens (tertiary/aromatic N) is 3. The first-order valence-electron chi connectivity index (χ1n) is 13.8. The van der Waals surface area contributed by atoms with Crippen LogP contribution >= 0.6 is 0 Å². The van der Waals surface area contributed by atoms with E-state index in [1.54, 1.807) is 6.21 Å². The number of aryl methyl sites for hydroxylation is 1. The monoisotopic (exact) mass is 521 g/mol. The van der Waals surface area contributed by atoms with Gasteiger partial charge in [0.1, 0.15) is 0 Å². The lowest BCUT2D eigenvalue weighted by Crippen LogP contribution is -2.41. The van der Waals surface area contributed by atoms with Crippen LogP contribution in [0.15, 0.2) is 108 Å². The summed E-state index contributed by atoms with van der Waals surface area (Å²) in [4.78, 5) is 27.8. The highest BCUT2D eigenvalue weighted by molar-refractivity contribution is 6.09. The van der Waals surface area contributed by atoms with Gasteiger partial charge in [0.25, 0.3) is 11.8 Å². The van der Waals surface area contributed by atoms with E-state index in [4.69, 9.17) is 0 Å². The smallest absolute Gasteiger partial charge is 0.254 e. The van der Waals surface area contributed by atoms with Gasteiger partial charge in [0.15, 0.2) is 0 Å². The number of hydrazone groups is 1. The van der Waals surface area contributed by atoms with Gasteiger partial charge in [0.2, 0.25) is 0 Å². The molecule has 4 aliphatic rings. The topological polar surface area (TPSA) is 54.7 Å². The van der Waals surface area contributed by atoms with E-state index in [1.807, 2.05) is 36.4 Å². The molecule has 5 aromatic rings. The minimum absolute atomic E-state index is 0.130. The largest absolute Gasteiger partial charge is 0.342 e. The van der Waals surface area contributed by atoms with Crippen molar-refractivity contribution in [3.8, 4) is 0 Å². The molecule has 2 atom stereocenters.